The number of aliphatic hydroxyl groups is 1. The van der Waals surface area contributed by atoms with Crippen molar-refractivity contribution in [3.05, 3.63) is 29.3 Å². The number of hydrogen-bond donors (Lipinski definition) is 3. The van der Waals surface area contributed by atoms with Crippen molar-refractivity contribution in [2.45, 2.75) is 13.5 Å². The van der Waals surface area contributed by atoms with Gasteiger partial charge in [0, 0.05) is 0 Å². The van der Waals surface area contributed by atoms with Gasteiger partial charge in [0.05, 0.1) is 6.61 Å². The molecule has 5 heteroatoms. The fourth-order valence-electron chi connectivity index (χ4n) is 1.01. The van der Waals surface area contributed by atoms with Gasteiger partial charge in [0.2, 0.25) is 0 Å². The first-order valence-corrected chi connectivity index (χ1v) is 3.86. The van der Waals surface area contributed by atoms with E-state index in [4.69, 9.17) is 15.2 Å². The first-order chi connectivity index (χ1) is 6.13. The first kappa shape index (κ1) is 10.0. The van der Waals surface area contributed by atoms with Crippen molar-refractivity contribution >= 4 is 7.32 Å². The second kappa shape index (κ2) is 4.27. The third-order valence-corrected chi connectivity index (χ3v) is 1.73. The fourth-order valence-corrected chi connectivity index (χ4v) is 1.01. The third-order valence-electron chi connectivity index (χ3n) is 1.73. The van der Waals surface area contributed by atoms with Crippen LogP contribution < -0.4 is 4.65 Å². The zero-order chi connectivity index (χ0) is 9.84. The van der Waals surface area contributed by atoms with Crippen LogP contribution in [-0.4, -0.2) is 22.5 Å². The molecule has 0 radical (unpaired) electrons. The van der Waals surface area contributed by atoms with Gasteiger partial charge in [-0.1, -0.05) is 6.07 Å². The van der Waals surface area contributed by atoms with E-state index >= 15 is 0 Å². The Hall–Kier alpha value is -1.04. The Morgan fingerprint density at radius 1 is 1.38 bits per heavy atom. The summed E-state index contributed by atoms with van der Waals surface area (Å²) in [5.41, 5.74) is 1.64. The fraction of sp³-hybridized carbons (Fsp3) is 0.250. The summed E-state index contributed by atoms with van der Waals surface area (Å²) in [7, 11) is -1.82. The molecule has 0 aliphatic rings. The minimum atomic E-state index is -1.82. The highest BCUT2D eigenvalue weighted by Crippen LogP contribution is 2.17. The molecule has 0 atom stereocenters. The van der Waals surface area contributed by atoms with Crippen LogP contribution in [0.2, 0.25) is 0 Å². The highest BCUT2D eigenvalue weighted by atomic mass is 16.6. The lowest BCUT2D eigenvalue weighted by Gasteiger charge is -2.07. The van der Waals surface area contributed by atoms with E-state index in [9.17, 15) is 0 Å². The van der Waals surface area contributed by atoms with Gasteiger partial charge in [-0.15, -0.1) is 0 Å². The molecular formula is C8H11BO4. The van der Waals surface area contributed by atoms with Crippen LogP contribution in [0.5, 0.6) is 5.75 Å². The summed E-state index contributed by atoms with van der Waals surface area (Å²) in [4.78, 5) is 0. The minimum absolute atomic E-state index is 0.0927. The third kappa shape index (κ3) is 2.73. The van der Waals surface area contributed by atoms with Gasteiger partial charge in [0.25, 0.3) is 0 Å². The maximum absolute atomic E-state index is 8.90. The Kier molecular flexibility index (Phi) is 3.30. The zero-order valence-electron chi connectivity index (χ0n) is 7.27. The molecule has 0 saturated heterocycles. The number of hydrogen-bond acceptors (Lipinski definition) is 4. The van der Waals surface area contributed by atoms with Crippen LogP contribution in [0.3, 0.4) is 0 Å². The lowest BCUT2D eigenvalue weighted by Crippen LogP contribution is -2.20. The molecular weight excluding hydrogens is 171 g/mol. The van der Waals surface area contributed by atoms with Crippen molar-refractivity contribution in [2.75, 3.05) is 0 Å². The predicted octanol–water partition coefficient (Wildman–Crippen LogP) is -0.164. The summed E-state index contributed by atoms with van der Waals surface area (Å²) >= 11 is 0. The molecule has 0 aliphatic carbocycles. The van der Waals surface area contributed by atoms with Crippen molar-refractivity contribution < 1.29 is 19.8 Å². The van der Waals surface area contributed by atoms with Gasteiger partial charge in [-0.25, -0.2) is 0 Å². The first-order valence-electron chi connectivity index (χ1n) is 3.86. The minimum Gasteiger partial charge on any atom is -0.512 e. The van der Waals surface area contributed by atoms with Crippen molar-refractivity contribution in [3.63, 3.8) is 0 Å². The molecule has 0 spiro atoms. The summed E-state index contributed by atoms with van der Waals surface area (Å²) in [6, 6.07) is 4.91. The highest BCUT2D eigenvalue weighted by Gasteiger charge is 2.11. The standard InChI is InChI=1S/C8H11BO4/c1-6-2-3-8(13-9(11)12)4-7(6)5-10/h2-4,10-12H,5H2,1H3. The van der Waals surface area contributed by atoms with Gasteiger partial charge in [-0.2, -0.15) is 0 Å². The summed E-state index contributed by atoms with van der Waals surface area (Å²) in [5, 5.41) is 25.9. The van der Waals surface area contributed by atoms with Crippen molar-refractivity contribution in [1.82, 2.24) is 0 Å². The van der Waals surface area contributed by atoms with Gasteiger partial charge in [0.15, 0.2) is 0 Å². The molecule has 3 N–H and O–H groups in total. The number of benzene rings is 1. The Morgan fingerprint density at radius 2 is 2.08 bits per heavy atom. The van der Waals surface area contributed by atoms with Crippen LogP contribution in [0.1, 0.15) is 11.1 Å². The molecule has 0 unspecified atom stereocenters. The number of aliphatic hydroxyl groups excluding tert-OH is 1. The Balaban J connectivity index is 2.86. The smallest absolute Gasteiger partial charge is 0.512 e. The van der Waals surface area contributed by atoms with Crippen LogP contribution in [0.4, 0.5) is 0 Å². The van der Waals surface area contributed by atoms with E-state index in [1.54, 1.807) is 18.2 Å². The molecule has 0 amide bonds. The van der Waals surface area contributed by atoms with E-state index in [1.807, 2.05) is 6.92 Å². The Bertz CT molecular complexity index is 287. The molecule has 4 nitrogen and oxygen atoms in total. The average Bonchev–Trinajstić information content (AvgIpc) is 2.07. The van der Waals surface area contributed by atoms with Crippen LogP contribution >= 0.6 is 0 Å². The molecule has 70 valence electrons. The maximum atomic E-state index is 8.90. The van der Waals surface area contributed by atoms with Crippen LogP contribution in [-0.2, 0) is 6.61 Å². The largest absolute Gasteiger partial charge is 0.707 e. The van der Waals surface area contributed by atoms with E-state index in [1.165, 1.54) is 0 Å². The molecule has 13 heavy (non-hydrogen) atoms. The Morgan fingerprint density at radius 3 is 2.62 bits per heavy atom. The van der Waals surface area contributed by atoms with Crippen LogP contribution in [0.25, 0.3) is 0 Å². The lowest BCUT2D eigenvalue weighted by molar-refractivity contribution is 0.276. The number of rotatable bonds is 3. The van der Waals surface area contributed by atoms with E-state index in [-0.39, 0.29) is 6.61 Å². The lowest BCUT2D eigenvalue weighted by atomic mass is 10.1. The van der Waals surface area contributed by atoms with Gasteiger partial charge in [-0.05, 0) is 30.2 Å². The molecule has 0 fully saturated rings. The number of aryl methyl sites for hydroxylation is 1. The van der Waals surface area contributed by atoms with Crippen molar-refractivity contribution in [3.8, 4) is 5.75 Å². The SMILES string of the molecule is Cc1ccc(OB(O)O)cc1CO. The summed E-state index contributed by atoms with van der Waals surface area (Å²) in [5.74, 6) is 0.324. The van der Waals surface area contributed by atoms with E-state index < -0.39 is 7.32 Å². The van der Waals surface area contributed by atoms with Crippen molar-refractivity contribution in [1.29, 1.82) is 0 Å². The van der Waals surface area contributed by atoms with Crippen LogP contribution in [0, 0.1) is 6.92 Å². The molecule has 1 rings (SSSR count). The summed E-state index contributed by atoms with van der Waals surface area (Å²) in [6.45, 7) is 1.76. The van der Waals surface area contributed by atoms with Gasteiger partial charge >= 0.3 is 7.32 Å². The molecule has 0 saturated carbocycles. The van der Waals surface area contributed by atoms with Gasteiger partial charge < -0.3 is 19.8 Å². The zero-order valence-corrected chi connectivity index (χ0v) is 7.27. The maximum Gasteiger partial charge on any atom is 0.707 e. The second-order valence-electron chi connectivity index (χ2n) is 2.69. The molecule has 1 aromatic carbocycles. The van der Waals surface area contributed by atoms with Crippen molar-refractivity contribution in [2.24, 2.45) is 0 Å². The second-order valence-corrected chi connectivity index (χ2v) is 2.69. The summed E-state index contributed by atoms with van der Waals surface area (Å²) in [6.07, 6.45) is 0. The molecule has 1 aromatic rings. The average molecular weight is 182 g/mol. The van der Waals surface area contributed by atoms with Gasteiger partial charge in [-0.3, -0.25) is 0 Å². The van der Waals surface area contributed by atoms with E-state index in [2.05, 4.69) is 4.65 Å². The molecule has 0 heterocycles. The normalized spacial score (nSPS) is 9.85. The van der Waals surface area contributed by atoms with Gasteiger partial charge in [0.1, 0.15) is 5.75 Å². The Labute approximate surface area is 76.6 Å². The van der Waals surface area contributed by atoms with E-state index in [0.29, 0.717) is 11.3 Å². The summed E-state index contributed by atoms with van der Waals surface area (Å²) < 4.78 is 4.61. The quantitative estimate of drug-likeness (QED) is 0.567. The molecule has 0 aliphatic heterocycles. The molecule has 0 bridgehead atoms. The molecule has 0 aromatic heterocycles. The predicted molar refractivity (Wildman–Crippen MR) is 47.9 cm³/mol. The monoisotopic (exact) mass is 182 g/mol. The topological polar surface area (TPSA) is 69.9 Å². The van der Waals surface area contributed by atoms with E-state index in [0.717, 1.165) is 5.56 Å². The van der Waals surface area contributed by atoms with Crippen LogP contribution in [0.15, 0.2) is 18.2 Å². The highest BCUT2D eigenvalue weighted by molar-refractivity contribution is 6.33.